The lowest BCUT2D eigenvalue weighted by Gasteiger charge is -2.56. The number of fused-ring (bicyclic) bond motifs is 9. The first kappa shape index (κ1) is 23.8. The number of ether oxygens (including phenoxy) is 2. The highest BCUT2D eigenvalue weighted by molar-refractivity contribution is 5.98. The summed E-state index contributed by atoms with van der Waals surface area (Å²) in [6.07, 6.45) is 6.57. The van der Waals surface area contributed by atoms with Crippen molar-refractivity contribution in [1.29, 1.82) is 0 Å². The van der Waals surface area contributed by atoms with Crippen LogP contribution in [-0.4, -0.2) is 67.4 Å². The zero-order chi connectivity index (χ0) is 27.4. The third kappa shape index (κ3) is 3.23. The second-order valence-corrected chi connectivity index (χ2v) is 11.4. The van der Waals surface area contributed by atoms with Gasteiger partial charge in [-0.1, -0.05) is 6.07 Å². The Kier molecular flexibility index (Phi) is 4.77. The fourth-order valence-corrected chi connectivity index (χ4v) is 7.07. The minimum atomic E-state index is -3.02. The van der Waals surface area contributed by atoms with Crippen molar-refractivity contribution in [3.63, 3.8) is 0 Å². The van der Waals surface area contributed by atoms with E-state index in [1.165, 1.54) is 6.07 Å². The van der Waals surface area contributed by atoms with E-state index in [9.17, 15) is 18.7 Å². The second-order valence-electron chi connectivity index (χ2n) is 11.4. The zero-order valence-electron chi connectivity index (χ0n) is 21.4. The summed E-state index contributed by atoms with van der Waals surface area (Å²) in [6, 6.07) is 6.24. The van der Waals surface area contributed by atoms with Gasteiger partial charge in [0.05, 0.1) is 36.2 Å². The number of hydrogen-bond donors (Lipinski definition) is 1. The third-order valence-electron chi connectivity index (χ3n) is 8.88. The molecule has 1 aromatic carbocycles. The quantitative estimate of drug-likeness (QED) is 0.414. The van der Waals surface area contributed by atoms with Crippen LogP contribution in [0, 0.1) is 5.41 Å². The molecule has 204 valence electrons. The van der Waals surface area contributed by atoms with Crippen molar-refractivity contribution in [1.82, 2.24) is 29.5 Å². The normalized spacial score (nSPS) is 23.5. The maximum absolute atomic E-state index is 13.3. The molecular weight excluding hydrogens is 522 g/mol. The minimum absolute atomic E-state index is 0.00506. The maximum atomic E-state index is 13.3. The summed E-state index contributed by atoms with van der Waals surface area (Å²) in [7, 11) is 1.71. The molecule has 0 radical (unpaired) electrons. The van der Waals surface area contributed by atoms with Crippen LogP contribution in [0.5, 0.6) is 5.75 Å². The van der Waals surface area contributed by atoms with Gasteiger partial charge in [-0.15, -0.1) is 0 Å². The Morgan fingerprint density at radius 2 is 1.93 bits per heavy atom. The van der Waals surface area contributed by atoms with Crippen LogP contribution in [-0.2, 0) is 10.3 Å². The molecule has 2 aliphatic heterocycles. The van der Waals surface area contributed by atoms with E-state index in [1.54, 1.807) is 47.3 Å². The van der Waals surface area contributed by atoms with Gasteiger partial charge in [-0.2, -0.15) is 13.9 Å². The van der Waals surface area contributed by atoms with Gasteiger partial charge >= 0.3 is 6.61 Å². The van der Waals surface area contributed by atoms with E-state index in [0.29, 0.717) is 66.4 Å². The Balaban J connectivity index is 1.20. The topological polar surface area (TPSA) is 115 Å². The average Bonchev–Trinajstić information content (AvgIpc) is 3.43. The van der Waals surface area contributed by atoms with Crippen LogP contribution in [0.4, 0.5) is 8.78 Å². The second kappa shape index (κ2) is 8.01. The number of halogens is 2. The van der Waals surface area contributed by atoms with Crippen molar-refractivity contribution in [2.24, 2.45) is 5.41 Å². The van der Waals surface area contributed by atoms with E-state index in [-0.39, 0.29) is 29.0 Å². The fraction of sp³-hybridized carbons (Fsp3) is 0.393. The number of alkyl halides is 2. The van der Waals surface area contributed by atoms with Gasteiger partial charge in [-0.05, 0) is 37.5 Å². The predicted octanol–water partition coefficient (Wildman–Crippen LogP) is 3.45. The molecule has 1 N–H and O–H groups in total. The Bertz CT molecular complexity index is 1700. The maximum Gasteiger partial charge on any atom is 0.387 e. The van der Waals surface area contributed by atoms with E-state index in [1.807, 2.05) is 6.07 Å². The molecule has 5 heterocycles. The summed E-state index contributed by atoms with van der Waals surface area (Å²) < 4.78 is 38.5. The Labute approximate surface area is 226 Å². The van der Waals surface area contributed by atoms with Crippen LogP contribution in [0.3, 0.4) is 0 Å². The summed E-state index contributed by atoms with van der Waals surface area (Å²) in [4.78, 5) is 28.4. The van der Waals surface area contributed by atoms with Gasteiger partial charge < -0.3 is 19.5 Å². The van der Waals surface area contributed by atoms with Gasteiger partial charge in [-0.25, -0.2) is 19.5 Å². The van der Waals surface area contributed by atoms with Gasteiger partial charge in [0.25, 0.3) is 5.91 Å². The SMILES string of the molecule is CN1C(=O)c2cccc(OC(F)F)c2C2CC1c1nn3cnc(-c4cnc(C5(O)CC6(COC6)C5)nc4)cc3c12. The van der Waals surface area contributed by atoms with Crippen LogP contribution < -0.4 is 4.74 Å². The monoisotopic (exact) mass is 546 g/mol. The van der Waals surface area contributed by atoms with E-state index < -0.39 is 12.2 Å². The Hall–Kier alpha value is -4.03. The molecule has 12 heteroatoms. The van der Waals surface area contributed by atoms with Crippen molar-refractivity contribution in [2.75, 3.05) is 20.3 Å². The number of benzene rings is 1. The highest BCUT2D eigenvalue weighted by Gasteiger charge is 2.60. The largest absolute Gasteiger partial charge is 0.434 e. The van der Waals surface area contributed by atoms with Crippen LogP contribution in [0.15, 0.2) is 43.0 Å². The molecule has 4 aromatic rings. The molecule has 40 heavy (non-hydrogen) atoms. The predicted molar refractivity (Wildman–Crippen MR) is 135 cm³/mol. The fourth-order valence-electron chi connectivity index (χ4n) is 7.07. The highest BCUT2D eigenvalue weighted by atomic mass is 19.3. The molecule has 8 rings (SSSR count). The highest BCUT2D eigenvalue weighted by Crippen LogP contribution is 2.57. The first-order valence-electron chi connectivity index (χ1n) is 13.1. The summed E-state index contributed by atoms with van der Waals surface area (Å²) in [5, 5.41) is 15.7. The molecule has 2 bridgehead atoms. The van der Waals surface area contributed by atoms with Crippen molar-refractivity contribution in [2.45, 2.75) is 43.4 Å². The third-order valence-corrected chi connectivity index (χ3v) is 8.88. The summed E-state index contributed by atoms with van der Waals surface area (Å²) in [6.45, 7) is -1.69. The number of nitrogens with zero attached hydrogens (tertiary/aromatic N) is 6. The standard InChI is InChI=1S/C28H24F2N6O4/c1-35-19-5-16(21-15(24(35)37)3-2-4-20(21)40-26(29)30)22-18-6-17(33-13-36(18)34-23(19)22)14-7-31-25(32-8-14)28(38)9-27(10-28)11-39-12-27/h2-4,6-8,13,16,19,26,38H,5,9-12H2,1H3. The van der Waals surface area contributed by atoms with E-state index in [2.05, 4.69) is 15.0 Å². The number of aromatic nitrogens is 5. The molecule has 3 aromatic heterocycles. The molecule has 1 saturated carbocycles. The van der Waals surface area contributed by atoms with Crippen LogP contribution in [0.25, 0.3) is 16.8 Å². The lowest BCUT2D eigenvalue weighted by Crippen LogP contribution is -2.60. The molecule has 4 aliphatic rings. The molecule has 1 spiro atoms. The van der Waals surface area contributed by atoms with Gasteiger partial charge in [0, 0.05) is 53.0 Å². The van der Waals surface area contributed by atoms with Crippen LogP contribution in [0.2, 0.25) is 0 Å². The number of carbonyl (C=O) groups is 1. The molecule has 2 fully saturated rings. The van der Waals surface area contributed by atoms with Crippen molar-refractivity contribution >= 4 is 11.4 Å². The number of rotatable bonds is 4. The smallest absolute Gasteiger partial charge is 0.387 e. The van der Waals surface area contributed by atoms with Gasteiger partial charge in [-0.3, -0.25) is 4.79 Å². The number of carbonyl (C=O) groups excluding carboxylic acids is 1. The molecule has 10 nitrogen and oxygen atoms in total. The first-order valence-corrected chi connectivity index (χ1v) is 13.1. The van der Waals surface area contributed by atoms with Gasteiger partial charge in [0.2, 0.25) is 0 Å². The molecule has 1 amide bonds. The molecule has 2 aliphatic carbocycles. The van der Waals surface area contributed by atoms with Gasteiger partial charge in [0.15, 0.2) is 5.82 Å². The van der Waals surface area contributed by atoms with Crippen molar-refractivity contribution < 1.29 is 28.2 Å². The average molecular weight is 547 g/mol. The lowest BCUT2D eigenvalue weighted by atomic mass is 9.57. The Morgan fingerprint density at radius 3 is 2.62 bits per heavy atom. The summed E-state index contributed by atoms with van der Waals surface area (Å²) in [5.41, 5.74) is 3.40. The molecule has 2 unspecified atom stereocenters. The lowest BCUT2D eigenvalue weighted by molar-refractivity contribution is -0.247. The number of aliphatic hydroxyl groups is 1. The van der Waals surface area contributed by atoms with E-state index in [0.717, 1.165) is 11.1 Å². The number of amides is 1. The number of hydrogen-bond acceptors (Lipinski definition) is 8. The van der Waals surface area contributed by atoms with E-state index >= 15 is 0 Å². The van der Waals surface area contributed by atoms with Gasteiger partial charge in [0.1, 0.15) is 17.7 Å². The van der Waals surface area contributed by atoms with E-state index in [4.69, 9.17) is 14.6 Å². The van der Waals surface area contributed by atoms with Crippen molar-refractivity contribution in [3.05, 3.63) is 71.2 Å². The summed E-state index contributed by atoms with van der Waals surface area (Å²) in [5.74, 6) is -0.249. The zero-order valence-corrected chi connectivity index (χ0v) is 21.4. The molecular formula is C28H24F2N6O4. The minimum Gasteiger partial charge on any atom is -0.434 e. The first-order chi connectivity index (χ1) is 19.3. The summed E-state index contributed by atoms with van der Waals surface area (Å²) >= 11 is 0. The van der Waals surface area contributed by atoms with Crippen LogP contribution in [0.1, 0.15) is 64.2 Å². The molecule has 2 atom stereocenters. The van der Waals surface area contributed by atoms with Crippen molar-refractivity contribution in [3.8, 4) is 17.0 Å². The molecule has 1 saturated heterocycles. The Morgan fingerprint density at radius 1 is 1.15 bits per heavy atom. The van der Waals surface area contributed by atoms with Crippen LogP contribution >= 0.6 is 0 Å².